The van der Waals surface area contributed by atoms with E-state index in [0.29, 0.717) is 18.8 Å². The second-order valence-corrected chi connectivity index (χ2v) is 3.48. The van der Waals surface area contributed by atoms with Crippen LogP contribution in [0.4, 0.5) is 5.82 Å². The van der Waals surface area contributed by atoms with Crippen molar-refractivity contribution in [2.24, 2.45) is 0 Å². The Hall–Kier alpha value is -1.85. The van der Waals surface area contributed by atoms with E-state index in [1.54, 1.807) is 0 Å². The fourth-order valence-electron chi connectivity index (χ4n) is 1.52. The number of carbonyl (C=O) groups is 1. The van der Waals surface area contributed by atoms with Crippen LogP contribution in [0.3, 0.4) is 0 Å². The van der Waals surface area contributed by atoms with Crippen LogP contribution < -0.4 is 16.2 Å². The molecule has 80 valence electrons. The number of hydrogen-bond donors (Lipinski definition) is 3. The van der Waals surface area contributed by atoms with Crippen molar-refractivity contribution in [1.82, 2.24) is 15.3 Å². The molecule has 1 aliphatic rings. The lowest BCUT2D eigenvalue weighted by Gasteiger charge is -2.10. The van der Waals surface area contributed by atoms with Crippen LogP contribution in [-0.4, -0.2) is 28.5 Å². The Labute approximate surface area is 86.1 Å². The molecular weight excluding hydrogens is 196 g/mol. The van der Waals surface area contributed by atoms with Gasteiger partial charge in [0.2, 0.25) is 5.91 Å². The van der Waals surface area contributed by atoms with Gasteiger partial charge in [-0.05, 0) is 6.42 Å². The zero-order valence-electron chi connectivity index (χ0n) is 8.12. The summed E-state index contributed by atoms with van der Waals surface area (Å²) in [6, 6.07) is 1.52. The maximum absolute atomic E-state index is 10.9. The number of hydrogen-bond acceptors (Lipinski definition) is 4. The molecule has 0 radical (unpaired) electrons. The molecule has 1 amide bonds. The molecule has 0 saturated carbocycles. The van der Waals surface area contributed by atoms with Crippen molar-refractivity contribution >= 4 is 11.7 Å². The summed E-state index contributed by atoms with van der Waals surface area (Å²) >= 11 is 0. The van der Waals surface area contributed by atoms with E-state index in [1.807, 2.05) is 0 Å². The van der Waals surface area contributed by atoms with Gasteiger partial charge in [-0.15, -0.1) is 0 Å². The highest BCUT2D eigenvalue weighted by molar-refractivity contribution is 5.78. The normalized spacial score (nSPS) is 20.0. The zero-order valence-corrected chi connectivity index (χ0v) is 8.12. The molecule has 1 fully saturated rings. The van der Waals surface area contributed by atoms with Crippen LogP contribution in [0.5, 0.6) is 0 Å². The van der Waals surface area contributed by atoms with Crippen LogP contribution in [-0.2, 0) is 4.79 Å². The lowest BCUT2D eigenvalue weighted by molar-refractivity contribution is -0.119. The number of H-pyrrole nitrogens is 1. The first-order valence-electron chi connectivity index (χ1n) is 4.82. The summed E-state index contributed by atoms with van der Waals surface area (Å²) < 4.78 is 0. The van der Waals surface area contributed by atoms with E-state index in [2.05, 4.69) is 20.6 Å². The number of rotatable bonds is 3. The van der Waals surface area contributed by atoms with Crippen LogP contribution >= 0.6 is 0 Å². The first kappa shape index (κ1) is 9.70. The van der Waals surface area contributed by atoms with Crippen LogP contribution in [0, 0.1) is 0 Å². The van der Waals surface area contributed by atoms with Gasteiger partial charge in [-0.25, -0.2) is 4.98 Å². The summed E-state index contributed by atoms with van der Waals surface area (Å²) in [6.45, 7) is 0.599. The van der Waals surface area contributed by atoms with Gasteiger partial charge in [0.1, 0.15) is 5.82 Å². The van der Waals surface area contributed by atoms with Crippen molar-refractivity contribution in [1.29, 1.82) is 0 Å². The Morgan fingerprint density at radius 2 is 2.40 bits per heavy atom. The van der Waals surface area contributed by atoms with Gasteiger partial charge in [0, 0.05) is 25.1 Å². The van der Waals surface area contributed by atoms with Crippen molar-refractivity contribution in [2.75, 3.05) is 11.9 Å². The number of amides is 1. The van der Waals surface area contributed by atoms with E-state index in [0.717, 1.165) is 6.42 Å². The van der Waals surface area contributed by atoms with Gasteiger partial charge in [0.05, 0.1) is 6.33 Å². The predicted octanol–water partition coefficient (Wildman–Crippen LogP) is -0.540. The molecular formula is C9H12N4O2. The molecule has 0 spiro atoms. The van der Waals surface area contributed by atoms with Gasteiger partial charge in [0.25, 0.3) is 5.56 Å². The molecule has 2 rings (SSSR count). The fourth-order valence-corrected chi connectivity index (χ4v) is 1.52. The average Bonchev–Trinajstić information content (AvgIpc) is 2.62. The Morgan fingerprint density at radius 3 is 3.07 bits per heavy atom. The van der Waals surface area contributed by atoms with Gasteiger partial charge in [-0.2, -0.15) is 0 Å². The summed E-state index contributed by atoms with van der Waals surface area (Å²) in [5, 5.41) is 5.83. The van der Waals surface area contributed by atoms with E-state index in [4.69, 9.17) is 0 Å². The molecule has 1 aliphatic heterocycles. The third-order valence-electron chi connectivity index (χ3n) is 2.29. The number of carbonyl (C=O) groups excluding carboxylic acids is 1. The van der Waals surface area contributed by atoms with Crippen molar-refractivity contribution in [3.8, 4) is 0 Å². The Bertz CT molecular complexity index is 415. The molecule has 6 nitrogen and oxygen atoms in total. The zero-order chi connectivity index (χ0) is 10.7. The van der Waals surface area contributed by atoms with Crippen molar-refractivity contribution in [3.05, 3.63) is 22.7 Å². The molecule has 1 saturated heterocycles. The maximum atomic E-state index is 10.9. The smallest absolute Gasteiger partial charge is 0.252 e. The second-order valence-electron chi connectivity index (χ2n) is 3.48. The van der Waals surface area contributed by atoms with E-state index in [1.165, 1.54) is 12.4 Å². The third-order valence-corrected chi connectivity index (χ3v) is 2.29. The number of aromatic nitrogens is 2. The minimum absolute atomic E-state index is 0.0840. The van der Waals surface area contributed by atoms with Gasteiger partial charge in [-0.3, -0.25) is 9.59 Å². The van der Waals surface area contributed by atoms with E-state index >= 15 is 0 Å². The summed E-state index contributed by atoms with van der Waals surface area (Å²) in [6.07, 6.45) is 2.75. The molecule has 2 heterocycles. The van der Waals surface area contributed by atoms with Gasteiger partial charge in [0.15, 0.2) is 0 Å². The summed E-state index contributed by atoms with van der Waals surface area (Å²) in [5.41, 5.74) is -0.192. The maximum Gasteiger partial charge on any atom is 0.252 e. The third kappa shape index (κ3) is 2.55. The Morgan fingerprint density at radius 1 is 1.53 bits per heavy atom. The molecule has 15 heavy (non-hydrogen) atoms. The van der Waals surface area contributed by atoms with Crippen molar-refractivity contribution < 1.29 is 4.79 Å². The number of nitrogens with one attached hydrogen (secondary N) is 3. The van der Waals surface area contributed by atoms with Crippen LogP contribution in [0.1, 0.15) is 12.8 Å². The number of anilines is 1. The quantitative estimate of drug-likeness (QED) is 0.622. The minimum Gasteiger partial charge on any atom is -0.368 e. The molecule has 0 bridgehead atoms. The summed E-state index contributed by atoms with van der Waals surface area (Å²) in [4.78, 5) is 28.2. The van der Waals surface area contributed by atoms with Gasteiger partial charge in [-0.1, -0.05) is 0 Å². The first-order valence-corrected chi connectivity index (χ1v) is 4.82. The van der Waals surface area contributed by atoms with Crippen LogP contribution in [0.15, 0.2) is 17.2 Å². The lowest BCUT2D eigenvalue weighted by atomic mass is 10.2. The second kappa shape index (κ2) is 4.12. The van der Waals surface area contributed by atoms with E-state index < -0.39 is 0 Å². The Kier molecular flexibility index (Phi) is 2.66. The fraction of sp³-hybridized carbons (Fsp3) is 0.444. The molecule has 0 aliphatic carbocycles. The van der Waals surface area contributed by atoms with Crippen LogP contribution in [0.2, 0.25) is 0 Å². The van der Waals surface area contributed by atoms with Gasteiger partial charge < -0.3 is 15.6 Å². The van der Waals surface area contributed by atoms with E-state index in [-0.39, 0.29) is 17.5 Å². The SMILES string of the molecule is O=C1CCC(CNc2cc(=O)[nH]cn2)N1. The molecule has 0 aromatic carbocycles. The molecule has 1 unspecified atom stereocenters. The average molecular weight is 208 g/mol. The van der Waals surface area contributed by atoms with Crippen molar-refractivity contribution in [2.45, 2.75) is 18.9 Å². The highest BCUT2D eigenvalue weighted by Crippen LogP contribution is 2.07. The first-order chi connectivity index (χ1) is 7.24. The largest absolute Gasteiger partial charge is 0.368 e. The van der Waals surface area contributed by atoms with Crippen molar-refractivity contribution in [3.63, 3.8) is 0 Å². The number of aromatic amines is 1. The molecule has 3 N–H and O–H groups in total. The highest BCUT2D eigenvalue weighted by Gasteiger charge is 2.20. The molecule has 1 aromatic rings. The minimum atomic E-state index is -0.192. The molecule has 1 atom stereocenters. The lowest BCUT2D eigenvalue weighted by Crippen LogP contribution is -2.32. The number of nitrogens with zero attached hydrogens (tertiary/aromatic N) is 1. The predicted molar refractivity (Wildman–Crippen MR) is 54.5 cm³/mol. The molecule has 1 aromatic heterocycles. The Balaban J connectivity index is 1.88. The highest BCUT2D eigenvalue weighted by atomic mass is 16.2. The monoisotopic (exact) mass is 208 g/mol. The summed E-state index contributed by atoms with van der Waals surface area (Å²) in [5.74, 6) is 0.612. The molecule has 6 heteroatoms. The van der Waals surface area contributed by atoms with Gasteiger partial charge >= 0.3 is 0 Å². The van der Waals surface area contributed by atoms with Crippen LogP contribution in [0.25, 0.3) is 0 Å². The topological polar surface area (TPSA) is 86.9 Å². The standard InChI is InChI=1S/C9H12N4O2/c14-8-2-1-6(13-8)4-10-7-3-9(15)12-5-11-7/h3,5-6H,1-2,4H2,(H,13,14)(H2,10,11,12,15). The summed E-state index contributed by atoms with van der Waals surface area (Å²) in [7, 11) is 0. The van der Waals surface area contributed by atoms with E-state index in [9.17, 15) is 9.59 Å².